The van der Waals surface area contributed by atoms with Gasteiger partial charge in [0.25, 0.3) is 0 Å². The van der Waals surface area contributed by atoms with Crippen molar-refractivity contribution in [2.24, 2.45) is 0 Å². The molecular weight excluding hydrogens is 326 g/mol. The second kappa shape index (κ2) is 7.02. The van der Waals surface area contributed by atoms with Crippen LogP contribution in [0.3, 0.4) is 0 Å². The summed E-state index contributed by atoms with van der Waals surface area (Å²) in [6.07, 6.45) is 1.13. The van der Waals surface area contributed by atoms with Crippen LogP contribution in [0.2, 0.25) is 0 Å². The minimum atomic E-state index is -3.03. The summed E-state index contributed by atoms with van der Waals surface area (Å²) in [7, 11) is 0. The number of carbonyl (C=O) groups is 1. The topological polar surface area (TPSA) is 99.3 Å². The molecule has 0 aliphatic heterocycles. The molecule has 0 aliphatic carbocycles. The first-order valence-electron chi connectivity index (χ1n) is 6.80. The Hall–Kier alpha value is -3.04. The number of aromatic nitrogens is 2. The lowest BCUT2D eigenvalue weighted by Gasteiger charge is -2.12. The van der Waals surface area contributed by atoms with E-state index in [1.807, 2.05) is 0 Å². The first-order valence-corrected chi connectivity index (χ1v) is 6.80. The van der Waals surface area contributed by atoms with Crippen LogP contribution in [0.1, 0.15) is 11.3 Å². The molecule has 2 rings (SSSR count). The number of carbonyl (C=O) groups excluding carboxylic acids is 1. The maximum absolute atomic E-state index is 12.4. The highest BCUT2D eigenvalue weighted by molar-refractivity contribution is 5.92. The predicted octanol–water partition coefficient (Wildman–Crippen LogP) is 2.65. The number of ether oxygens (including phenoxy) is 1. The van der Waals surface area contributed by atoms with Crippen LogP contribution in [0.25, 0.3) is 0 Å². The number of halogens is 2. The number of alkyl halides is 2. The number of rotatable bonds is 6. The van der Waals surface area contributed by atoms with Crippen LogP contribution < -0.4 is 10.1 Å². The van der Waals surface area contributed by atoms with Gasteiger partial charge in [0.2, 0.25) is 5.91 Å². The predicted molar refractivity (Wildman–Crippen MR) is 80.1 cm³/mol. The van der Waals surface area contributed by atoms with Crippen molar-refractivity contribution in [1.82, 2.24) is 9.78 Å². The number of nitrogens with one attached hydrogen (secondary N) is 1. The van der Waals surface area contributed by atoms with Crippen molar-refractivity contribution in [3.63, 3.8) is 0 Å². The third kappa shape index (κ3) is 4.24. The first kappa shape index (κ1) is 17.3. The fourth-order valence-corrected chi connectivity index (χ4v) is 2.03. The molecule has 128 valence electrons. The van der Waals surface area contributed by atoms with Gasteiger partial charge in [-0.1, -0.05) is 6.07 Å². The number of aryl methyl sites for hydroxylation is 2. The lowest BCUT2D eigenvalue weighted by molar-refractivity contribution is -0.385. The molecule has 1 heterocycles. The standard InChI is InChI=1S/C14H14F2N4O4/c1-8-3-4-10(12(5-8)24-14(15)16)17-13(21)7-19-6-11(20(22)23)9(2)18-19/h3-6,14H,7H2,1-2H3,(H,17,21). The van der Waals surface area contributed by atoms with Gasteiger partial charge in [0.1, 0.15) is 24.2 Å². The van der Waals surface area contributed by atoms with Gasteiger partial charge >= 0.3 is 12.3 Å². The van der Waals surface area contributed by atoms with Gasteiger partial charge in [-0.15, -0.1) is 0 Å². The van der Waals surface area contributed by atoms with E-state index in [9.17, 15) is 23.7 Å². The van der Waals surface area contributed by atoms with Crippen LogP contribution in [0, 0.1) is 24.0 Å². The van der Waals surface area contributed by atoms with E-state index >= 15 is 0 Å². The number of anilines is 1. The van der Waals surface area contributed by atoms with E-state index in [0.717, 1.165) is 10.9 Å². The van der Waals surface area contributed by atoms with Crippen LogP contribution in [0.4, 0.5) is 20.2 Å². The molecule has 1 aromatic carbocycles. The van der Waals surface area contributed by atoms with Crippen molar-refractivity contribution in [3.8, 4) is 5.75 Å². The Labute approximate surface area is 135 Å². The summed E-state index contributed by atoms with van der Waals surface area (Å²) in [4.78, 5) is 22.2. The second-order valence-electron chi connectivity index (χ2n) is 4.98. The third-order valence-corrected chi connectivity index (χ3v) is 3.05. The minimum absolute atomic E-state index is 0.0734. The van der Waals surface area contributed by atoms with Crippen LogP contribution in [-0.4, -0.2) is 27.2 Å². The number of benzene rings is 1. The van der Waals surface area contributed by atoms with Gasteiger partial charge in [-0.3, -0.25) is 19.6 Å². The number of amides is 1. The summed E-state index contributed by atoms with van der Waals surface area (Å²) in [5.74, 6) is -0.753. The van der Waals surface area contributed by atoms with Crippen LogP contribution in [0.15, 0.2) is 24.4 Å². The normalized spacial score (nSPS) is 10.7. The Morgan fingerprint density at radius 1 is 1.46 bits per heavy atom. The van der Waals surface area contributed by atoms with Gasteiger partial charge in [0.05, 0.1) is 10.6 Å². The van der Waals surface area contributed by atoms with E-state index in [1.165, 1.54) is 19.1 Å². The lowest BCUT2D eigenvalue weighted by atomic mass is 10.2. The molecular formula is C14H14F2N4O4. The Bertz CT molecular complexity index is 776. The molecule has 0 spiro atoms. The number of nitro groups is 1. The smallest absolute Gasteiger partial charge is 0.387 e. The molecule has 0 radical (unpaired) electrons. The summed E-state index contributed by atoms with van der Waals surface area (Å²) >= 11 is 0. The molecule has 0 saturated heterocycles. The van der Waals surface area contributed by atoms with Crippen molar-refractivity contribution in [2.75, 3.05) is 5.32 Å². The largest absolute Gasteiger partial charge is 0.433 e. The second-order valence-corrected chi connectivity index (χ2v) is 4.98. The highest BCUT2D eigenvalue weighted by Crippen LogP contribution is 2.27. The third-order valence-electron chi connectivity index (χ3n) is 3.05. The highest BCUT2D eigenvalue weighted by Gasteiger charge is 2.18. The minimum Gasteiger partial charge on any atom is -0.433 e. The van der Waals surface area contributed by atoms with Crippen molar-refractivity contribution in [1.29, 1.82) is 0 Å². The van der Waals surface area contributed by atoms with Crippen LogP contribution in [0.5, 0.6) is 5.75 Å². The highest BCUT2D eigenvalue weighted by atomic mass is 19.3. The Kier molecular flexibility index (Phi) is 5.07. The molecule has 1 N–H and O–H groups in total. The molecule has 10 heteroatoms. The average Bonchev–Trinajstić information content (AvgIpc) is 2.82. The van der Waals surface area contributed by atoms with Gasteiger partial charge in [0, 0.05) is 0 Å². The fourth-order valence-electron chi connectivity index (χ4n) is 2.03. The zero-order valence-electron chi connectivity index (χ0n) is 12.8. The summed E-state index contributed by atoms with van der Waals surface area (Å²) < 4.78 is 30.3. The SMILES string of the molecule is Cc1ccc(NC(=O)Cn2cc([N+](=O)[O-])c(C)n2)c(OC(F)F)c1. The van der Waals surface area contributed by atoms with E-state index in [4.69, 9.17) is 0 Å². The molecule has 0 saturated carbocycles. The monoisotopic (exact) mass is 340 g/mol. The molecule has 0 unspecified atom stereocenters. The molecule has 1 aromatic heterocycles. The molecule has 2 aromatic rings. The molecule has 0 atom stereocenters. The Balaban J connectivity index is 2.12. The van der Waals surface area contributed by atoms with Crippen molar-refractivity contribution in [3.05, 3.63) is 45.8 Å². The van der Waals surface area contributed by atoms with E-state index in [2.05, 4.69) is 15.2 Å². The summed E-state index contributed by atoms with van der Waals surface area (Å²) in [5.41, 5.74) is 0.718. The summed E-state index contributed by atoms with van der Waals surface area (Å²) in [6, 6.07) is 4.42. The number of nitrogens with zero attached hydrogens (tertiary/aromatic N) is 3. The zero-order valence-corrected chi connectivity index (χ0v) is 12.8. The van der Waals surface area contributed by atoms with Gasteiger partial charge in [-0.05, 0) is 31.5 Å². The molecule has 8 nitrogen and oxygen atoms in total. The van der Waals surface area contributed by atoms with Gasteiger partial charge in [-0.25, -0.2) is 0 Å². The molecule has 1 amide bonds. The van der Waals surface area contributed by atoms with Gasteiger partial charge in [0.15, 0.2) is 0 Å². The van der Waals surface area contributed by atoms with Crippen molar-refractivity contribution >= 4 is 17.3 Å². The zero-order chi connectivity index (χ0) is 17.9. The van der Waals surface area contributed by atoms with E-state index in [0.29, 0.717) is 5.56 Å². The quantitative estimate of drug-likeness (QED) is 0.644. The lowest BCUT2D eigenvalue weighted by Crippen LogP contribution is -2.20. The molecule has 0 aliphatic rings. The van der Waals surface area contributed by atoms with E-state index in [-0.39, 0.29) is 29.4 Å². The molecule has 0 fully saturated rings. The Morgan fingerprint density at radius 3 is 2.75 bits per heavy atom. The van der Waals surface area contributed by atoms with Crippen LogP contribution >= 0.6 is 0 Å². The maximum Gasteiger partial charge on any atom is 0.387 e. The first-order chi connectivity index (χ1) is 11.3. The van der Waals surface area contributed by atoms with Gasteiger partial charge in [-0.2, -0.15) is 13.9 Å². The van der Waals surface area contributed by atoms with E-state index in [1.54, 1.807) is 13.0 Å². The molecule has 24 heavy (non-hydrogen) atoms. The van der Waals surface area contributed by atoms with Crippen LogP contribution in [-0.2, 0) is 11.3 Å². The number of hydrogen-bond donors (Lipinski definition) is 1. The average molecular weight is 340 g/mol. The fraction of sp³-hybridized carbons (Fsp3) is 0.286. The van der Waals surface area contributed by atoms with E-state index < -0.39 is 17.4 Å². The summed E-state index contributed by atoms with van der Waals surface area (Å²) in [6.45, 7) is -0.202. The summed E-state index contributed by atoms with van der Waals surface area (Å²) in [5, 5.41) is 17.0. The molecule has 0 bridgehead atoms. The van der Waals surface area contributed by atoms with Crippen molar-refractivity contribution < 1.29 is 23.2 Å². The number of hydrogen-bond acceptors (Lipinski definition) is 5. The van der Waals surface area contributed by atoms with Gasteiger partial charge < -0.3 is 10.1 Å². The maximum atomic E-state index is 12.4. The Morgan fingerprint density at radius 2 is 2.17 bits per heavy atom. The van der Waals surface area contributed by atoms with Crippen molar-refractivity contribution in [2.45, 2.75) is 27.0 Å².